The number of aromatic nitrogens is 2. The van der Waals surface area contributed by atoms with Crippen LogP contribution in [0.1, 0.15) is 5.56 Å². The van der Waals surface area contributed by atoms with Gasteiger partial charge in [0.15, 0.2) is 0 Å². The first-order valence-corrected chi connectivity index (χ1v) is 6.68. The van der Waals surface area contributed by atoms with Crippen LogP contribution in [0.15, 0.2) is 58.6 Å². The Kier molecular flexibility index (Phi) is 2.98. The minimum absolute atomic E-state index is 0.667. The quantitative estimate of drug-likeness (QED) is 0.711. The molecule has 3 nitrogen and oxygen atoms in total. The highest BCUT2D eigenvalue weighted by atomic mass is 32.2. The number of aryl methyl sites for hydroxylation is 1. The van der Waals surface area contributed by atoms with Crippen molar-refractivity contribution < 1.29 is 0 Å². The van der Waals surface area contributed by atoms with Gasteiger partial charge in [-0.1, -0.05) is 30.0 Å². The van der Waals surface area contributed by atoms with Crippen molar-refractivity contribution in [2.75, 3.05) is 0 Å². The average molecular weight is 265 g/mol. The van der Waals surface area contributed by atoms with Gasteiger partial charge in [0.1, 0.15) is 5.65 Å². The topological polar surface area (TPSA) is 41.6 Å². The Balaban J connectivity index is 2.11. The zero-order valence-corrected chi connectivity index (χ0v) is 11.2. The molecular weight excluding hydrogens is 254 g/mol. The highest BCUT2D eigenvalue weighted by Crippen LogP contribution is 2.32. The van der Waals surface area contributed by atoms with Crippen LogP contribution in [0.2, 0.25) is 0 Å². The van der Waals surface area contributed by atoms with Crippen LogP contribution in [0.4, 0.5) is 0 Å². The van der Waals surface area contributed by atoms with Crippen LogP contribution in [0.25, 0.3) is 11.0 Å². The monoisotopic (exact) mass is 265 g/mol. The number of rotatable bonds is 2. The van der Waals surface area contributed by atoms with Crippen molar-refractivity contribution in [2.45, 2.75) is 9.92 Å². The Morgan fingerprint density at radius 3 is 2.74 bits per heavy atom. The van der Waals surface area contributed by atoms with E-state index in [-0.39, 0.29) is 0 Å². The second kappa shape index (κ2) is 4.79. The zero-order valence-electron chi connectivity index (χ0n) is 10.4. The molecule has 0 fully saturated rings. The predicted octanol–water partition coefficient (Wildman–Crippen LogP) is 3.60. The molecule has 0 radical (unpaired) electrons. The summed E-state index contributed by atoms with van der Waals surface area (Å²) >= 11 is 1.67. The molecule has 0 saturated heterocycles. The van der Waals surface area contributed by atoms with Crippen LogP contribution >= 0.6 is 11.8 Å². The zero-order chi connectivity index (χ0) is 13.2. The number of fused-ring (bicyclic) bond motifs is 1. The molecule has 0 unspecified atom stereocenters. The summed E-state index contributed by atoms with van der Waals surface area (Å²) < 4.78 is 2.02. The second-order valence-electron chi connectivity index (χ2n) is 4.16. The third kappa shape index (κ3) is 2.09. The lowest BCUT2D eigenvalue weighted by Gasteiger charge is -2.02. The average Bonchev–Trinajstić information content (AvgIpc) is 2.77. The maximum atomic E-state index is 9.13. The summed E-state index contributed by atoms with van der Waals surface area (Å²) in [5.74, 6) is 0. The van der Waals surface area contributed by atoms with E-state index in [1.165, 1.54) is 4.90 Å². The highest BCUT2D eigenvalue weighted by molar-refractivity contribution is 7.99. The van der Waals surface area contributed by atoms with Crippen molar-refractivity contribution in [3.63, 3.8) is 0 Å². The van der Waals surface area contributed by atoms with E-state index in [1.807, 2.05) is 35.9 Å². The number of hydrogen-bond donors (Lipinski definition) is 0. The summed E-state index contributed by atoms with van der Waals surface area (Å²) in [5.41, 5.74) is 1.51. The van der Waals surface area contributed by atoms with E-state index >= 15 is 0 Å². The number of pyridine rings is 1. The van der Waals surface area contributed by atoms with E-state index in [4.69, 9.17) is 5.26 Å². The van der Waals surface area contributed by atoms with Crippen LogP contribution in [-0.4, -0.2) is 9.55 Å². The van der Waals surface area contributed by atoms with Gasteiger partial charge in [-0.2, -0.15) is 5.26 Å². The summed E-state index contributed by atoms with van der Waals surface area (Å²) in [6, 6.07) is 16.2. The number of hydrogen-bond acceptors (Lipinski definition) is 3. The van der Waals surface area contributed by atoms with Crippen LogP contribution in [-0.2, 0) is 7.05 Å². The molecule has 0 saturated carbocycles. The van der Waals surface area contributed by atoms with Crippen LogP contribution in [0.5, 0.6) is 0 Å². The fourth-order valence-electron chi connectivity index (χ4n) is 2.00. The Morgan fingerprint density at radius 2 is 2.00 bits per heavy atom. The third-order valence-corrected chi connectivity index (χ3v) is 4.08. The first-order chi connectivity index (χ1) is 9.29. The normalized spacial score (nSPS) is 10.5. The van der Waals surface area contributed by atoms with Gasteiger partial charge in [-0.25, -0.2) is 4.98 Å². The Morgan fingerprint density at radius 1 is 1.21 bits per heavy atom. The van der Waals surface area contributed by atoms with Gasteiger partial charge < -0.3 is 4.57 Å². The Hall–Kier alpha value is -2.25. The summed E-state index contributed by atoms with van der Waals surface area (Å²) in [6.45, 7) is 0. The lowest BCUT2D eigenvalue weighted by atomic mass is 10.2. The van der Waals surface area contributed by atoms with E-state index in [2.05, 4.69) is 23.2 Å². The minimum atomic E-state index is 0.667. The van der Waals surface area contributed by atoms with Crippen molar-refractivity contribution in [2.24, 2.45) is 7.05 Å². The molecule has 0 aliphatic heterocycles. The summed E-state index contributed by atoms with van der Waals surface area (Å²) in [4.78, 5) is 5.52. The SMILES string of the molecule is Cn1c(Sc2ccccc2)cc2c(C#N)ccnc21. The van der Waals surface area contributed by atoms with Gasteiger partial charge in [0.25, 0.3) is 0 Å². The molecule has 3 aromatic rings. The van der Waals surface area contributed by atoms with Gasteiger partial charge in [0.05, 0.1) is 16.7 Å². The maximum Gasteiger partial charge on any atom is 0.141 e. The van der Waals surface area contributed by atoms with Crippen molar-refractivity contribution in [3.05, 3.63) is 54.2 Å². The van der Waals surface area contributed by atoms with Crippen LogP contribution < -0.4 is 0 Å². The molecule has 2 aromatic heterocycles. The molecule has 0 spiro atoms. The molecule has 0 aliphatic carbocycles. The molecule has 0 bridgehead atoms. The van der Waals surface area contributed by atoms with Gasteiger partial charge in [0, 0.05) is 23.5 Å². The molecule has 3 rings (SSSR count). The molecular formula is C15H11N3S. The second-order valence-corrected chi connectivity index (χ2v) is 5.26. The van der Waals surface area contributed by atoms with Crippen LogP contribution in [0.3, 0.4) is 0 Å². The van der Waals surface area contributed by atoms with Gasteiger partial charge in [0.2, 0.25) is 0 Å². The van der Waals surface area contributed by atoms with Crippen molar-refractivity contribution in [1.82, 2.24) is 9.55 Å². The standard InChI is InChI=1S/C15H11N3S/c1-18-14(19-12-5-3-2-4-6-12)9-13-11(10-16)7-8-17-15(13)18/h2-9H,1H3. The van der Waals surface area contributed by atoms with Crippen molar-refractivity contribution >= 4 is 22.8 Å². The van der Waals surface area contributed by atoms with Crippen molar-refractivity contribution in [1.29, 1.82) is 5.26 Å². The number of nitriles is 1. The number of nitrogens with zero attached hydrogens (tertiary/aromatic N) is 3. The molecule has 19 heavy (non-hydrogen) atoms. The molecule has 2 heterocycles. The molecule has 1 aromatic carbocycles. The largest absolute Gasteiger partial charge is 0.323 e. The lowest BCUT2D eigenvalue weighted by Crippen LogP contribution is -1.91. The Labute approximate surface area is 115 Å². The summed E-state index contributed by atoms with van der Waals surface area (Å²) in [7, 11) is 1.97. The fourth-order valence-corrected chi connectivity index (χ4v) is 2.94. The molecule has 92 valence electrons. The molecule has 0 N–H and O–H groups in total. The first-order valence-electron chi connectivity index (χ1n) is 5.87. The lowest BCUT2D eigenvalue weighted by molar-refractivity contribution is 0.848. The first kappa shape index (κ1) is 11.8. The molecule has 0 aliphatic rings. The predicted molar refractivity (Wildman–Crippen MR) is 76.0 cm³/mol. The summed E-state index contributed by atoms with van der Waals surface area (Å²) in [5, 5.41) is 11.1. The minimum Gasteiger partial charge on any atom is -0.323 e. The smallest absolute Gasteiger partial charge is 0.141 e. The van der Waals surface area contributed by atoms with E-state index in [1.54, 1.807) is 24.0 Å². The van der Waals surface area contributed by atoms with Gasteiger partial charge in [-0.05, 0) is 24.3 Å². The molecule has 4 heteroatoms. The number of benzene rings is 1. The van der Waals surface area contributed by atoms with Crippen molar-refractivity contribution in [3.8, 4) is 6.07 Å². The fraction of sp³-hybridized carbons (Fsp3) is 0.0667. The molecule has 0 amide bonds. The third-order valence-electron chi connectivity index (χ3n) is 2.97. The van der Waals surface area contributed by atoms with E-state index in [0.717, 1.165) is 16.1 Å². The van der Waals surface area contributed by atoms with E-state index < -0.39 is 0 Å². The highest BCUT2D eigenvalue weighted by Gasteiger charge is 2.11. The maximum absolute atomic E-state index is 9.13. The van der Waals surface area contributed by atoms with Gasteiger partial charge >= 0.3 is 0 Å². The van der Waals surface area contributed by atoms with Crippen LogP contribution in [0, 0.1) is 11.3 Å². The Bertz CT molecular complexity index is 769. The summed E-state index contributed by atoms with van der Waals surface area (Å²) in [6.07, 6.45) is 1.68. The van der Waals surface area contributed by atoms with Gasteiger partial charge in [-0.15, -0.1) is 0 Å². The van der Waals surface area contributed by atoms with E-state index in [9.17, 15) is 0 Å². The van der Waals surface area contributed by atoms with E-state index in [0.29, 0.717) is 5.56 Å². The molecule has 0 atom stereocenters. The van der Waals surface area contributed by atoms with Gasteiger partial charge in [-0.3, -0.25) is 0 Å².